The SMILES string of the molecule is Cc1nc(-c2ccc(NC(=O)CSCC(=O)Nc3ccc(F)cc3)cc2)cs1. The molecule has 0 spiro atoms. The molecule has 1 heterocycles. The van der Waals surface area contributed by atoms with Crippen LogP contribution in [-0.2, 0) is 9.59 Å². The molecule has 1 aromatic heterocycles. The zero-order chi connectivity index (χ0) is 19.9. The molecule has 0 radical (unpaired) electrons. The summed E-state index contributed by atoms with van der Waals surface area (Å²) in [7, 11) is 0. The number of nitrogens with zero attached hydrogens (tertiary/aromatic N) is 1. The fraction of sp³-hybridized carbons (Fsp3) is 0.150. The van der Waals surface area contributed by atoms with E-state index in [-0.39, 0.29) is 29.1 Å². The van der Waals surface area contributed by atoms with E-state index in [2.05, 4.69) is 15.6 Å². The first-order valence-electron chi connectivity index (χ1n) is 8.45. The van der Waals surface area contributed by atoms with E-state index in [1.54, 1.807) is 11.3 Å². The number of amides is 2. The lowest BCUT2D eigenvalue weighted by Gasteiger charge is -2.07. The van der Waals surface area contributed by atoms with E-state index in [1.165, 1.54) is 36.0 Å². The number of halogens is 1. The van der Waals surface area contributed by atoms with Crippen molar-refractivity contribution in [2.24, 2.45) is 0 Å². The molecule has 0 atom stereocenters. The van der Waals surface area contributed by atoms with Gasteiger partial charge in [0.1, 0.15) is 5.82 Å². The Morgan fingerprint density at radius 3 is 2.00 bits per heavy atom. The Morgan fingerprint density at radius 1 is 0.964 bits per heavy atom. The molecule has 3 rings (SSSR count). The van der Waals surface area contributed by atoms with Crippen LogP contribution < -0.4 is 10.6 Å². The summed E-state index contributed by atoms with van der Waals surface area (Å²) in [5.74, 6) is -0.500. The zero-order valence-corrected chi connectivity index (χ0v) is 16.7. The third kappa shape index (κ3) is 5.90. The van der Waals surface area contributed by atoms with E-state index in [9.17, 15) is 14.0 Å². The van der Waals surface area contributed by atoms with Crippen molar-refractivity contribution < 1.29 is 14.0 Å². The van der Waals surface area contributed by atoms with Crippen LogP contribution >= 0.6 is 23.1 Å². The summed E-state index contributed by atoms with van der Waals surface area (Å²) >= 11 is 2.80. The Labute approximate surface area is 170 Å². The third-order valence-corrected chi connectivity index (χ3v) is 5.38. The highest BCUT2D eigenvalue weighted by Crippen LogP contribution is 2.23. The van der Waals surface area contributed by atoms with Crippen LogP contribution in [0.3, 0.4) is 0 Å². The van der Waals surface area contributed by atoms with Crippen molar-refractivity contribution in [3.63, 3.8) is 0 Å². The van der Waals surface area contributed by atoms with Crippen LogP contribution in [0.15, 0.2) is 53.9 Å². The monoisotopic (exact) mass is 415 g/mol. The van der Waals surface area contributed by atoms with Gasteiger partial charge in [0.2, 0.25) is 11.8 Å². The van der Waals surface area contributed by atoms with Gasteiger partial charge in [-0.25, -0.2) is 9.37 Å². The smallest absolute Gasteiger partial charge is 0.234 e. The van der Waals surface area contributed by atoms with Gasteiger partial charge in [0.15, 0.2) is 0 Å². The summed E-state index contributed by atoms with van der Waals surface area (Å²) in [6.45, 7) is 1.96. The number of thioether (sulfide) groups is 1. The van der Waals surface area contributed by atoms with Gasteiger partial charge in [0.25, 0.3) is 0 Å². The number of aryl methyl sites for hydroxylation is 1. The average Bonchev–Trinajstić information content (AvgIpc) is 3.10. The molecule has 28 heavy (non-hydrogen) atoms. The van der Waals surface area contributed by atoms with E-state index >= 15 is 0 Å². The number of hydrogen-bond donors (Lipinski definition) is 2. The maximum Gasteiger partial charge on any atom is 0.234 e. The van der Waals surface area contributed by atoms with Crippen LogP contribution in [-0.4, -0.2) is 28.3 Å². The molecule has 2 aromatic carbocycles. The van der Waals surface area contributed by atoms with Crippen LogP contribution in [0, 0.1) is 12.7 Å². The minimum absolute atomic E-state index is 0.132. The fourth-order valence-electron chi connectivity index (χ4n) is 2.38. The van der Waals surface area contributed by atoms with E-state index in [0.29, 0.717) is 11.4 Å². The molecule has 0 unspecified atom stereocenters. The Balaban J connectivity index is 1.41. The number of carbonyl (C=O) groups is 2. The highest BCUT2D eigenvalue weighted by Gasteiger charge is 2.08. The van der Waals surface area contributed by atoms with Gasteiger partial charge >= 0.3 is 0 Å². The molecule has 0 saturated heterocycles. The molecule has 0 aliphatic carbocycles. The van der Waals surface area contributed by atoms with E-state index in [4.69, 9.17) is 0 Å². The second-order valence-electron chi connectivity index (χ2n) is 5.93. The fourth-order valence-corrected chi connectivity index (χ4v) is 3.62. The zero-order valence-electron chi connectivity index (χ0n) is 15.1. The van der Waals surface area contributed by atoms with Crippen molar-refractivity contribution in [2.75, 3.05) is 22.1 Å². The van der Waals surface area contributed by atoms with Crippen LogP contribution in [0.25, 0.3) is 11.3 Å². The number of nitrogens with one attached hydrogen (secondary N) is 2. The second kappa shape index (κ2) is 9.48. The predicted octanol–water partition coefficient (Wildman–Crippen LogP) is 4.57. The first-order valence-corrected chi connectivity index (χ1v) is 10.5. The summed E-state index contributed by atoms with van der Waals surface area (Å²) in [6.07, 6.45) is 0. The Kier molecular flexibility index (Phi) is 6.78. The van der Waals surface area contributed by atoms with Gasteiger partial charge in [-0.3, -0.25) is 9.59 Å². The Morgan fingerprint density at radius 2 is 1.50 bits per heavy atom. The molecule has 3 aromatic rings. The Hall–Kier alpha value is -2.71. The predicted molar refractivity (Wildman–Crippen MR) is 113 cm³/mol. The van der Waals surface area contributed by atoms with Crippen molar-refractivity contribution >= 4 is 46.3 Å². The molecular weight excluding hydrogens is 397 g/mol. The molecule has 0 bridgehead atoms. The number of benzene rings is 2. The summed E-state index contributed by atoms with van der Waals surface area (Å²) < 4.78 is 12.8. The van der Waals surface area contributed by atoms with Gasteiger partial charge in [0, 0.05) is 22.3 Å². The molecule has 2 N–H and O–H groups in total. The summed E-state index contributed by atoms with van der Waals surface area (Å²) in [5, 5.41) is 8.46. The molecule has 0 aliphatic rings. The molecule has 144 valence electrons. The van der Waals surface area contributed by atoms with Crippen LogP contribution in [0.2, 0.25) is 0 Å². The average molecular weight is 416 g/mol. The lowest BCUT2D eigenvalue weighted by Crippen LogP contribution is -2.18. The van der Waals surface area contributed by atoms with Gasteiger partial charge < -0.3 is 10.6 Å². The second-order valence-corrected chi connectivity index (χ2v) is 7.97. The summed E-state index contributed by atoms with van der Waals surface area (Å²) in [4.78, 5) is 28.3. The van der Waals surface area contributed by atoms with Crippen LogP contribution in [0.1, 0.15) is 5.01 Å². The third-order valence-electron chi connectivity index (χ3n) is 3.68. The number of aromatic nitrogens is 1. The number of carbonyl (C=O) groups excluding carboxylic acids is 2. The summed E-state index contributed by atoms with van der Waals surface area (Å²) in [5.41, 5.74) is 3.13. The number of hydrogen-bond acceptors (Lipinski definition) is 5. The Bertz CT molecular complexity index is 956. The van der Waals surface area contributed by atoms with E-state index in [1.807, 2.05) is 36.6 Å². The van der Waals surface area contributed by atoms with Gasteiger partial charge in [-0.2, -0.15) is 0 Å². The lowest BCUT2D eigenvalue weighted by atomic mass is 10.1. The molecular formula is C20H18FN3O2S2. The number of thiazole rings is 1. The molecule has 0 fully saturated rings. The van der Waals surface area contributed by atoms with Crippen LogP contribution in [0.5, 0.6) is 0 Å². The molecule has 0 aliphatic heterocycles. The normalized spacial score (nSPS) is 10.5. The lowest BCUT2D eigenvalue weighted by molar-refractivity contribution is -0.114. The standard InChI is InChI=1S/C20H18FN3O2S2/c1-13-22-18(10-28-13)14-2-6-16(7-3-14)23-19(25)11-27-12-20(26)24-17-8-4-15(21)5-9-17/h2-10H,11-12H2,1H3,(H,23,25)(H,24,26). The van der Waals surface area contributed by atoms with Crippen molar-refractivity contribution in [1.82, 2.24) is 4.98 Å². The van der Waals surface area contributed by atoms with Crippen molar-refractivity contribution in [3.8, 4) is 11.3 Å². The van der Waals surface area contributed by atoms with E-state index < -0.39 is 0 Å². The van der Waals surface area contributed by atoms with Crippen LogP contribution in [0.4, 0.5) is 15.8 Å². The van der Waals surface area contributed by atoms with Crippen molar-refractivity contribution in [1.29, 1.82) is 0 Å². The maximum absolute atomic E-state index is 12.8. The minimum Gasteiger partial charge on any atom is -0.325 e. The molecule has 2 amide bonds. The highest BCUT2D eigenvalue weighted by atomic mass is 32.2. The molecule has 5 nitrogen and oxygen atoms in total. The van der Waals surface area contributed by atoms with Gasteiger partial charge in [0.05, 0.1) is 22.2 Å². The van der Waals surface area contributed by atoms with Gasteiger partial charge in [-0.05, 0) is 43.3 Å². The highest BCUT2D eigenvalue weighted by molar-refractivity contribution is 8.00. The quantitative estimate of drug-likeness (QED) is 0.593. The maximum atomic E-state index is 12.8. The first-order chi connectivity index (χ1) is 13.5. The van der Waals surface area contributed by atoms with Crippen molar-refractivity contribution in [3.05, 3.63) is 64.7 Å². The van der Waals surface area contributed by atoms with E-state index in [0.717, 1.165) is 16.3 Å². The molecule has 8 heteroatoms. The largest absolute Gasteiger partial charge is 0.325 e. The topological polar surface area (TPSA) is 71.1 Å². The summed E-state index contributed by atoms with van der Waals surface area (Å²) in [6, 6.07) is 13.0. The minimum atomic E-state index is -0.362. The number of rotatable bonds is 7. The number of anilines is 2. The van der Waals surface area contributed by atoms with Gasteiger partial charge in [-0.1, -0.05) is 12.1 Å². The first kappa shape index (κ1) is 20.0. The van der Waals surface area contributed by atoms with Crippen molar-refractivity contribution in [2.45, 2.75) is 6.92 Å². The molecule has 0 saturated carbocycles. The van der Waals surface area contributed by atoms with Gasteiger partial charge in [-0.15, -0.1) is 23.1 Å².